The van der Waals surface area contributed by atoms with Gasteiger partial charge in [0.05, 0.1) is 13.2 Å². The van der Waals surface area contributed by atoms with E-state index in [9.17, 15) is 9.59 Å². The van der Waals surface area contributed by atoms with E-state index < -0.39 is 16.7 Å². The van der Waals surface area contributed by atoms with E-state index in [1.807, 2.05) is 12.1 Å². The quantitative estimate of drug-likeness (QED) is 0.176. The van der Waals surface area contributed by atoms with Crippen molar-refractivity contribution >= 4 is 34.7 Å². The van der Waals surface area contributed by atoms with Gasteiger partial charge < -0.3 is 13.9 Å². The molecule has 0 aliphatic heterocycles. The van der Waals surface area contributed by atoms with Gasteiger partial charge in [-0.25, -0.2) is 9.59 Å². The SMILES string of the molecule is CCCCCCC(Sc1ccc2c3c(oc2c1)CCCC3)(C(=O)OCC)C(=O)OCC. The smallest absolute Gasteiger partial charge is 0.334 e. The van der Waals surface area contributed by atoms with Crippen LogP contribution in [0, 0.1) is 0 Å². The Balaban J connectivity index is 1.94. The monoisotopic (exact) mass is 446 g/mol. The number of hydrogen-bond donors (Lipinski definition) is 0. The maximum absolute atomic E-state index is 13.1. The van der Waals surface area contributed by atoms with Crippen molar-refractivity contribution in [3.63, 3.8) is 0 Å². The minimum absolute atomic E-state index is 0.222. The van der Waals surface area contributed by atoms with Gasteiger partial charge in [-0.05, 0) is 57.7 Å². The molecule has 1 aliphatic rings. The Morgan fingerprint density at radius 3 is 2.39 bits per heavy atom. The number of hydrogen-bond acceptors (Lipinski definition) is 6. The zero-order valence-corrected chi connectivity index (χ0v) is 19.8. The number of benzene rings is 1. The Morgan fingerprint density at radius 2 is 1.71 bits per heavy atom. The van der Waals surface area contributed by atoms with Gasteiger partial charge in [0.25, 0.3) is 0 Å². The highest BCUT2D eigenvalue weighted by atomic mass is 32.2. The fourth-order valence-corrected chi connectivity index (χ4v) is 5.46. The van der Waals surface area contributed by atoms with E-state index in [1.54, 1.807) is 13.8 Å². The molecule has 170 valence electrons. The van der Waals surface area contributed by atoms with Crippen LogP contribution in [0.5, 0.6) is 0 Å². The molecule has 0 unspecified atom stereocenters. The maximum Gasteiger partial charge on any atom is 0.334 e. The summed E-state index contributed by atoms with van der Waals surface area (Å²) in [5, 5.41) is 1.14. The summed E-state index contributed by atoms with van der Waals surface area (Å²) < 4.78 is 15.5. The molecule has 0 fully saturated rings. The predicted molar refractivity (Wildman–Crippen MR) is 123 cm³/mol. The lowest BCUT2D eigenvalue weighted by atomic mass is 9.96. The number of thioether (sulfide) groups is 1. The average molecular weight is 447 g/mol. The molecular formula is C25H34O5S. The third kappa shape index (κ3) is 5.28. The molecule has 0 bridgehead atoms. The molecular weight excluding hydrogens is 412 g/mol. The van der Waals surface area contributed by atoms with Crippen molar-refractivity contribution in [1.82, 2.24) is 0 Å². The van der Waals surface area contributed by atoms with Crippen molar-refractivity contribution in [2.24, 2.45) is 0 Å². The lowest BCUT2D eigenvalue weighted by molar-refractivity contribution is -0.159. The van der Waals surface area contributed by atoms with Crippen LogP contribution in [-0.2, 0) is 31.9 Å². The Bertz CT molecular complexity index is 883. The van der Waals surface area contributed by atoms with Gasteiger partial charge in [0.2, 0.25) is 4.75 Å². The molecule has 0 amide bonds. The third-order valence-corrected chi connectivity index (χ3v) is 7.19. The first-order chi connectivity index (χ1) is 15.1. The van der Waals surface area contributed by atoms with E-state index in [0.29, 0.717) is 6.42 Å². The van der Waals surface area contributed by atoms with Crippen LogP contribution in [0.2, 0.25) is 0 Å². The summed E-state index contributed by atoms with van der Waals surface area (Å²) in [7, 11) is 0. The normalized spacial score (nSPS) is 13.8. The van der Waals surface area contributed by atoms with E-state index in [2.05, 4.69) is 13.0 Å². The molecule has 1 aromatic heterocycles. The number of unbranched alkanes of at least 4 members (excludes halogenated alkanes) is 3. The largest absolute Gasteiger partial charge is 0.465 e. The zero-order valence-electron chi connectivity index (χ0n) is 19.0. The summed E-state index contributed by atoms with van der Waals surface area (Å²) >= 11 is 1.24. The van der Waals surface area contributed by atoms with Gasteiger partial charge in [-0.2, -0.15) is 0 Å². The summed E-state index contributed by atoms with van der Waals surface area (Å²) in [6, 6.07) is 6.00. The predicted octanol–water partition coefficient (Wildman–Crippen LogP) is 6.24. The summed E-state index contributed by atoms with van der Waals surface area (Å²) in [4.78, 5) is 27.0. The minimum Gasteiger partial charge on any atom is -0.465 e. The van der Waals surface area contributed by atoms with Crippen LogP contribution in [0.15, 0.2) is 27.5 Å². The molecule has 0 spiro atoms. The van der Waals surface area contributed by atoms with Crippen LogP contribution in [0.25, 0.3) is 11.0 Å². The molecule has 0 saturated heterocycles. The molecule has 6 heteroatoms. The van der Waals surface area contributed by atoms with Crippen molar-refractivity contribution in [2.45, 2.75) is 88.2 Å². The second-order valence-electron chi connectivity index (χ2n) is 8.05. The standard InChI is InChI=1S/C25H34O5S/c1-4-7-8-11-16-25(23(26)28-5-2,24(27)29-6-3)31-18-14-15-20-19-12-9-10-13-21(19)30-22(20)17-18/h14-15,17H,4-13,16H2,1-3H3. The van der Waals surface area contributed by atoms with Gasteiger partial charge in [0.1, 0.15) is 11.3 Å². The Hall–Kier alpha value is -1.95. The summed E-state index contributed by atoms with van der Waals surface area (Å²) in [5.74, 6) is 0.0348. The van der Waals surface area contributed by atoms with Crippen molar-refractivity contribution < 1.29 is 23.5 Å². The zero-order chi connectivity index (χ0) is 22.3. The Morgan fingerprint density at radius 1 is 1.00 bits per heavy atom. The maximum atomic E-state index is 13.1. The number of aryl methyl sites for hydroxylation is 2. The lowest BCUT2D eigenvalue weighted by Crippen LogP contribution is -2.46. The fraction of sp³-hybridized carbons (Fsp3) is 0.600. The van der Waals surface area contributed by atoms with Crippen LogP contribution in [0.1, 0.15) is 77.0 Å². The number of ether oxygens (including phenoxy) is 2. The highest BCUT2D eigenvalue weighted by molar-refractivity contribution is 8.02. The summed E-state index contributed by atoms with van der Waals surface area (Å²) in [6.45, 7) is 6.10. The number of esters is 2. The summed E-state index contributed by atoms with van der Waals surface area (Å²) in [5.41, 5.74) is 2.13. The topological polar surface area (TPSA) is 65.7 Å². The third-order valence-electron chi connectivity index (χ3n) is 5.81. The molecule has 1 aromatic carbocycles. The highest BCUT2D eigenvalue weighted by Gasteiger charge is 2.49. The van der Waals surface area contributed by atoms with Crippen molar-refractivity contribution in [3.8, 4) is 0 Å². The number of carbonyl (C=O) groups is 2. The van der Waals surface area contributed by atoms with Gasteiger partial charge in [0.15, 0.2) is 0 Å². The number of fused-ring (bicyclic) bond motifs is 3. The Kier molecular flexibility index (Phi) is 8.47. The first-order valence-electron chi connectivity index (χ1n) is 11.6. The molecule has 3 rings (SSSR count). The molecule has 1 heterocycles. The van der Waals surface area contributed by atoms with E-state index in [0.717, 1.165) is 66.6 Å². The van der Waals surface area contributed by atoms with Crippen molar-refractivity contribution in [2.75, 3.05) is 13.2 Å². The van der Waals surface area contributed by atoms with Crippen LogP contribution in [0.3, 0.4) is 0 Å². The van der Waals surface area contributed by atoms with Gasteiger partial charge in [0, 0.05) is 22.3 Å². The highest BCUT2D eigenvalue weighted by Crippen LogP contribution is 2.42. The van der Waals surface area contributed by atoms with E-state index in [1.165, 1.54) is 23.7 Å². The minimum atomic E-state index is -1.40. The van der Waals surface area contributed by atoms with Gasteiger partial charge in [-0.15, -0.1) is 0 Å². The summed E-state index contributed by atoms with van der Waals surface area (Å²) in [6.07, 6.45) is 8.61. The van der Waals surface area contributed by atoms with Gasteiger partial charge in [-0.3, -0.25) is 0 Å². The number of carbonyl (C=O) groups excluding carboxylic acids is 2. The number of rotatable bonds is 11. The molecule has 2 aromatic rings. The van der Waals surface area contributed by atoms with E-state index in [4.69, 9.17) is 13.9 Å². The Labute approximate surface area is 189 Å². The first kappa shape index (κ1) is 23.7. The molecule has 0 N–H and O–H groups in total. The average Bonchev–Trinajstić information content (AvgIpc) is 3.14. The van der Waals surface area contributed by atoms with Crippen LogP contribution in [-0.4, -0.2) is 29.9 Å². The van der Waals surface area contributed by atoms with Crippen molar-refractivity contribution in [1.29, 1.82) is 0 Å². The van der Waals surface area contributed by atoms with Crippen LogP contribution < -0.4 is 0 Å². The fourth-order valence-electron chi connectivity index (χ4n) is 4.23. The van der Waals surface area contributed by atoms with Gasteiger partial charge in [-0.1, -0.05) is 44.4 Å². The molecule has 5 nitrogen and oxygen atoms in total. The van der Waals surface area contributed by atoms with Crippen molar-refractivity contribution in [3.05, 3.63) is 29.5 Å². The van der Waals surface area contributed by atoms with Gasteiger partial charge >= 0.3 is 11.9 Å². The lowest BCUT2D eigenvalue weighted by Gasteiger charge is -2.28. The molecule has 1 aliphatic carbocycles. The molecule has 0 radical (unpaired) electrons. The van der Waals surface area contributed by atoms with E-state index in [-0.39, 0.29) is 13.2 Å². The second kappa shape index (κ2) is 11.1. The van der Waals surface area contributed by atoms with Crippen LogP contribution in [0.4, 0.5) is 0 Å². The number of furan rings is 1. The molecule has 0 atom stereocenters. The molecule has 0 saturated carbocycles. The first-order valence-corrected chi connectivity index (χ1v) is 12.4. The second-order valence-corrected chi connectivity index (χ2v) is 9.42. The molecule has 31 heavy (non-hydrogen) atoms. The van der Waals surface area contributed by atoms with Crippen LogP contribution >= 0.6 is 11.8 Å². The van der Waals surface area contributed by atoms with E-state index >= 15 is 0 Å².